The van der Waals surface area contributed by atoms with Gasteiger partial charge in [-0.2, -0.15) is 0 Å². The van der Waals surface area contributed by atoms with Gasteiger partial charge in [0.2, 0.25) is 0 Å². The number of unbranched alkanes of at least 4 members (excludes halogenated alkanes) is 1. The maximum Gasteiger partial charge on any atom is 0.191 e. The number of aromatic nitrogens is 1. The third kappa shape index (κ3) is 8.40. The van der Waals surface area contributed by atoms with Crippen molar-refractivity contribution in [3.8, 4) is 0 Å². The summed E-state index contributed by atoms with van der Waals surface area (Å²) in [7, 11) is 1.81. The second kappa shape index (κ2) is 14.4. The Bertz CT molecular complexity index is 464. The number of aliphatic imine (C=N–C) groups is 1. The van der Waals surface area contributed by atoms with Gasteiger partial charge in [0, 0.05) is 32.1 Å². The first kappa shape index (κ1) is 24.2. The molecule has 0 aliphatic rings. The minimum absolute atomic E-state index is 0. The molecule has 25 heavy (non-hydrogen) atoms. The first-order valence-corrected chi connectivity index (χ1v) is 9.33. The fraction of sp³-hybridized carbons (Fsp3) is 0.778. The van der Waals surface area contributed by atoms with E-state index in [1.165, 1.54) is 18.5 Å². The van der Waals surface area contributed by atoms with Crippen LogP contribution in [0.3, 0.4) is 0 Å². The van der Waals surface area contributed by atoms with Gasteiger partial charge >= 0.3 is 0 Å². The summed E-state index contributed by atoms with van der Waals surface area (Å²) in [5, 5.41) is 10.9. The van der Waals surface area contributed by atoms with Crippen molar-refractivity contribution < 1.29 is 4.52 Å². The molecule has 7 heteroatoms. The molecule has 146 valence electrons. The minimum atomic E-state index is 0. The van der Waals surface area contributed by atoms with Crippen molar-refractivity contribution in [3.05, 3.63) is 17.0 Å². The Morgan fingerprint density at radius 1 is 1.08 bits per heavy atom. The minimum Gasteiger partial charge on any atom is -0.361 e. The highest BCUT2D eigenvalue weighted by molar-refractivity contribution is 14.0. The number of hydrogen-bond acceptors (Lipinski definition) is 4. The van der Waals surface area contributed by atoms with Crippen molar-refractivity contribution in [3.63, 3.8) is 0 Å². The summed E-state index contributed by atoms with van der Waals surface area (Å²) >= 11 is 0. The van der Waals surface area contributed by atoms with Crippen LogP contribution in [-0.2, 0) is 19.4 Å². The van der Waals surface area contributed by atoms with Gasteiger partial charge in [-0.15, -0.1) is 24.0 Å². The molecule has 0 spiro atoms. The second-order valence-corrected chi connectivity index (χ2v) is 5.82. The summed E-state index contributed by atoms with van der Waals surface area (Å²) in [6.45, 7) is 13.7. The molecule has 1 aromatic heterocycles. The summed E-state index contributed by atoms with van der Waals surface area (Å²) in [5.41, 5.74) is 2.21. The molecular formula is C18H36IN5O. The molecule has 1 aromatic rings. The summed E-state index contributed by atoms with van der Waals surface area (Å²) in [4.78, 5) is 6.75. The molecule has 0 saturated carbocycles. The topological polar surface area (TPSA) is 65.7 Å². The SMILES string of the molecule is CCc1noc(CC)c1CNC(=NC)NCCCCN(CC)CC.I. The van der Waals surface area contributed by atoms with Crippen molar-refractivity contribution in [1.29, 1.82) is 0 Å². The van der Waals surface area contributed by atoms with Gasteiger partial charge in [0.15, 0.2) is 5.96 Å². The maximum atomic E-state index is 5.40. The lowest BCUT2D eigenvalue weighted by Gasteiger charge is -2.18. The summed E-state index contributed by atoms with van der Waals surface area (Å²) in [6.07, 6.45) is 4.10. The Morgan fingerprint density at radius 3 is 2.36 bits per heavy atom. The van der Waals surface area contributed by atoms with E-state index in [4.69, 9.17) is 4.52 Å². The van der Waals surface area contributed by atoms with Crippen LogP contribution in [0.25, 0.3) is 0 Å². The van der Waals surface area contributed by atoms with Gasteiger partial charge in [-0.05, 0) is 38.9 Å². The molecule has 0 unspecified atom stereocenters. The van der Waals surface area contributed by atoms with E-state index < -0.39 is 0 Å². The average Bonchev–Trinajstić information content (AvgIpc) is 3.02. The van der Waals surface area contributed by atoms with E-state index in [1.807, 2.05) is 0 Å². The third-order valence-corrected chi connectivity index (χ3v) is 4.35. The van der Waals surface area contributed by atoms with E-state index in [1.54, 1.807) is 7.05 Å². The van der Waals surface area contributed by atoms with Crippen LogP contribution in [0.15, 0.2) is 9.52 Å². The zero-order valence-corrected chi connectivity index (χ0v) is 18.9. The zero-order valence-electron chi connectivity index (χ0n) is 16.5. The highest BCUT2D eigenvalue weighted by Crippen LogP contribution is 2.15. The van der Waals surface area contributed by atoms with Crippen LogP contribution in [0.5, 0.6) is 0 Å². The van der Waals surface area contributed by atoms with Crippen molar-refractivity contribution in [2.75, 3.05) is 33.2 Å². The Labute approximate surface area is 170 Å². The number of rotatable bonds is 11. The van der Waals surface area contributed by atoms with Gasteiger partial charge < -0.3 is 20.1 Å². The number of nitrogens with zero attached hydrogens (tertiary/aromatic N) is 3. The molecule has 0 aromatic carbocycles. The molecule has 0 aliphatic heterocycles. The van der Waals surface area contributed by atoms with Crippen molar-refractivity contribution in [2.45, 2.75) is 59.9 Å². The van der Waals surface area contributed by atoms with Crippen molar-refractivity contribution in [1.82, 2.24) is 20.7 Å². The Balaban J connectivity index is 0.00000576. The largest absolute Gasteiger partial charge is 0.361 e. The number of aryl methyl sites for hydroxylation is 2. The molecule has 0 amide bonds. The lowest BCUT2D eigenvalue weighted by molar-refractivity contribution is 0.297. The van der Waals surface area contributed by atoms with Gasteiger partial charge in [-0.3, -0.25) is 4.99 Å². The molecule has 6 nitrogen and oxygen atoms in total. The fourth-order valence-electron chi connectivity index (χ4n) is 2.74. The van der Waals surface area contributed by atoms with Crippen LogP contribution in [-0.4, -0.2) is 49.2 Å². The summed E-state index contributed by atoms with van der Waals surface area (Å²) in [6, 6.07) is 0. The van der Waals surface area contributed by atoms with E-state index in [2.05, 4.69) is 53.4 Å². The van der Waals surface area contributed by atoms with E-state index in [0.717, 1.165) is 56.3 Å². The number of nitrogens with one attached hydrogen (secondary N) is 2. The van der Waals surface area contributed by atoms with E-state index >= 15 is 0 Å². The van der Waals surface area contributed by atoms with E-state index in [-0.39, 0.29) is 24.0 Å². The lowest BCUT2D eigenvalue weighted by Crippen LogP contribution is -2.37. The molecule has 0 bridgehead atoms. The highest BCUT2D eigenvalue weighted by atomic mass is 127. The van der Waals surface area contributed by atoms with Gasteiger partial charge in [0.1, 0.15) is 5.76 Å². The van der Waals surface area contributed by atoms with Crippen LogP contribution in [0, 0.1) is 0 Å². The Morgan fingerprint density at radius 2 is 1.80 bits per heavy atom. The number of halogens is 1. The molecule has 0 atom stereocenters. The molecule has 0 fully saturated rings. The molecule has 2 N–H and O–H groups in total. The molecule has 0 radical (unpaired) electrons. The van der Waals surface area contributed by atoms with Crippen LogP contribution in [0.4, 0.5) is 0 Å². The molecule has 0 aliphatic carbocycles. The highest BCUT2D eigenvalue weighted by Gasteiger charge is 2.13. The van der Waals surface area contributed by atoms with Crippen LogP contribution >= 0.6 is 24.0 Å². The Kier molecular flexibility index (Phi) is 13.9. The lowest BCUT2D eigenvalue weighted by atomic mass is 10.1. The van der Waals surface area contributed by atoms with E-state index in [9.17, 15) is 0 Å². The number of hydrogen-bond donors (Lipinski definition) is 2. The van der Waals surface area contributed by atoms with E-state index in [0.29, 0.717) is 6.54 Å². The summed E-state index contributed by atoms with van der Waals surface area (Å²) in [5.74, 6) is 1.80. The first-order chi connectivity index (χ1) is 11.7. The zero-order chi connectivity index (χ0) is 17.8. The fourth-order valence-corrected chi connectivity index (χ4v) is 2.74. The predicted molar refractivity (Wildman–Crippen MR) is 116 cm³/mol. The summed E-state index contributed by atoms with van der Waals surface area (Å²) < 4.78 is 5.40. The monoisotopic (exact) mass is 465 g/mol. The standard InChI is InChI=1S/C18H35N5O.HI/c1-6-16-15(17(7-2)24-22-16)14-21-18(19-5)20-12-10-11-13-23(8-3)9-4;/h6-14H2,1-5H3,(H2,19,20,21);1H. The average molecular weight is 465 g/mol. The molecular weight excluding hydrogens is 429 g/mol. The van der Waals surface area contributed by atoms with Gasteiger partial charge in [0.05, 0.1) is 5.69 Å². The van der Waals surface area contributed by atoms with Gasteiger partial charge in [-0.25, -0.2) is 0 Å². The van der Waals surface area contributed by atoms with Crippen molar-refractivity contribution in [2.24, 2.45) is 4.99 Å². The van der Waals surface area contributed by atoms with Crippen LogP contribution < -0.4 is 10.6 Å². The van der Waals surface area contributed by atoms with Crippen LogP contribution in [0.2, 0.25) is 0 Å². The quantitative estimate of drug-likeness (QED) is 0.228. The predicted octanol–water partition coefficient (Wildman–Crippen LogP) is 3.20. The number of guanidine groups is 1. The third-order valence-electron chi connectivity index (χ3n) is 4.35. The van der Waals surface area contributed by atoms with Crippen LogP contribution in [0.1, 0.15) is 57.6 Å². The Hall–Kier alpha value is -0.830. The smallest absolute Gasteiger partial charge is 0.191 e. The maximum absolute atomic E-state index is 5.40. The first-order valence-electron chi connectivity index (χ1n) is 9.33. The second-order valence-electron chi connectivity index (χ2n) is 5.82. The normalized spacial score (nSPS) is 11.5. The molecule has 0 saturated heterocycles. The van der Waals surface area contributed by atoms with Gasteiger partial charge in [0.25, 0.3) is 0 Å². The molecule has 1 heterocycles. The van der Waals surface area contributed by atoms with Crippen molar-refractivity contribution >= 4 is 29.9 Å². The van der Waals surface area contributed by atoms with Gasteiger partial charge in [-0.1, -0.05) is 32.9 Å². The molecule has 1 rings (SSSR count).